The van der Waals surface area contributed by atoms with Crippen molar-refractivity contribution in [2.45, 2.75) is 32.7 Å². The minimum Gasteiger partial charge on any atom is -0.491 e. The SMILES string of the molecule is CC1(C)CN(C(=O)CCOc2ccc(F)cc2Cl)CCC1N.Cl. The predicted octanol–water partition coefficient (Wildman–Crippen LogP) is 3.26. The second kappa shape index (κ2) is 8.18. The lowest BCUT2D eigenvalue weighted by Gasteiger charge is -2.42. The number of carbonyl (C=O) groups is 1. The molecule has 130 valence electrons. The molecule has 1 atom stereocenters. The summed E-state index contributed by atoms with van der Waals surface area (Å²) in [7, 11) is 0. The number of benzene rings is 1. The molecule has 0 aromatic heterocycles. The molecule has 1 aromatic carbocycles. The highest BCUT2D eigenvalue weighted by molar-refractivity contribution is 6.32. The van der Waals surface area contributed by atoms with E-state index in [0.29, 0.717) is 18.8 Å². The molecule has 0 spiro atoms. The van der Waals surface area contributed by atoms with Crippen molar-refractivity contribution in [3.05, 3.63) is 29.0 Å². The van der Waals surface area contributed by atoms with Gasteiger partial charge in [0, 0.05) is 19.1 Å². The van der Waals surface area contributed by atoms with Gasteiger partial charge in [0.1, 0.15) is 11.6 Å². The van der Waals surface area contributed by atoms with Crippen LogP contribution >= 0.6 is 24.0 Å². The van der Waals surface area contributed by atoms with Crippen LogP contribution < -0.4 is 10.5 Å². The van der Waals surface area contributed by atoms with Crippen molar-refractivity contribution in [1.82, 2.24) is 4.90 Å². The van der Waals surface area contributed by atoms with E-state index in [0.717, 1.165) is 6.42 Å². The summed E-state index contributed by atoms with van der Waals surface area (Å²) < 4.78 is 18.4. The van der Waals surface area contributed by atoms with Crippen molar-refractivity contribution in [3.8, 4) is 5.75 Å². The molecule has 1 aliphatic heterocycles. The number of carbonyl (C=O) groups excluding carboxylic acids is 1. The van der Waals surface area contributed by atoms with Crippen LogP contribution in [0.5, 0.6) is 5.75 Å². The Morgan fingerprint density at radius 1 is 1.52 bits per heavy atom. The maximum Gasteiger partial charge on any atom is 0.226 e. The van der Waals surface area contributed by atoms with Gasteiger partial charge in [0.25, 0.3) is 0 Å². The Bertz CT molecular complexity index is 555. The lowest BCUT2D eigenvalue weighted by molar-refractivity contribution is -0.135. The third-order valence-electron chi connectivity index (χ3n) is 4.13. The van der Waals surface area contributed by atoms with Crippen molar-refractivity contribution in [3.63, 3.8) is 0 Å². The number of hydrogen-bond acceptors (Lipinski definition) is 3. The molecule has 7 heteroatoms. The topological polar surface area (TPSA) is 55.6 Å². The first-order valence-electron chi connectivity index (χ1n) is 7.41. The number of amides is 1. The smallest absolute Gasteiger partial charge is 0.226 e. The fraction of sp³-hybridized carbons (Fsp3) is 0.562. The third-order valence-corrected chi connectivity index (χ3v) is 4.43. The molecular formula is C16H23Cl2FN2O2. The van der Waals surface area contributed by atoms with Crippen LogP contribution in [0.15, 0.2) is 18.2 Å². The molecule has 23 heavy (non-hydrogen) atoms. The van der Waals surface area contributed by atoms with Gasteiger partial charge in [0.2, 0.25) is 5.91 Å². The second-order valence-electron chi connectivity index (χ2n) is 6.37. The molecule has 1 saturated heterocycles. The van der Waals surface area contributed by atoms with E-state index in [2.05, 4.69) is 13.8 Å². The first kappa shape index (κ1) is 20.0. The van der Waals surface area contributed by atoms with Crippen LogP contribution in [0, 0.1) is 11.2 Å². The zero-order chi connectivity index (χ0) is 16.3. The van der Waals surface area contributed by atoms with Crippen molar-refractivity contribution in [1.29, 1.82) is 0 Å². The van der Waals surface area contributed by atoms with Gasteiger partial charge in [0.15, 0.2) is 0 Å². The number of nitrogens with two attached hydrogens (primary N) is 1. The molecule has 1 aliphatic rings. The van der Waals surface area contributed by atoms with E-state index in [4.69, 9.17) is 22.1 Å². The Balaban J connectivity index is 0.00000264. The summed E-state index contributed by atoms with van der Waals surface area (Å²) in [5.41, 5.74) is 6.00. The molecular weight excluding hydrogens is 342 g/mol. The first-order valence-corrected chi connectivity index (χ1v) is 7.78. The monoisotopic (exact) mass is 364 g/mol. The molecule has 1 amide bonds. The fourth-order valence-electron chi connectivity index (χ4n) is 2.59. The van der Waals surface area contributed by atoms with E-state index in [9.17, 15) is 9.18 Å². The first-order chi connectivity index (χ1) is 10.3. The van der Waals surface area contributed by atoms with Crippen LogP contribution in [0.25, 0.3) is 0 Å². The molecule has 0 radical (unpaired) electrons. The maximum absolute atomic E-state index is 12.9. The standard InChI is InChI=1S/C16H22ClFN2O2.ClH/c1-16(2)10-20(7-5-14(16)19)15(21)6-8-22-13-4-3-11(18)9-12(13)17;/h3-4,9,14H,5-8,10,19H2,1-2H3;1H. The number of ether oxygens (including phenoxy) is 1. The summed E-state index contributed by atoms with van der Waals surface area (Å²) in [6.45, 7) is 5.70. The van der Waals surface area contributed by atoms with Crippen LogP contribution in [0.4, 0.5) is 4.39 Å². The fourth-order valence-corrected chi connectivity index (χ4v) is 2.81. The Kier molecular flexibility index (Phi) is 7.11. The van der Waals surface area contributed by atoms with Gasteiger partial charge < -0.3 is 15.4 Å². The average Bonchev–Trinajstić information content (AvgIpc) is 2.44. The largest absolute Gasteiger partial charge is 0.491 e. The number of likely N-dealkylation sites (tertiary alicyclic amines) is 1. The van der Waals surface area contributed by atoms with Gasteiger partial charge in [-0.15, -0.1) is 12.4 Å². The van der Waals surface area contributed by atoms with E-state index in [1.165, 1.54) is 18.2 Å². The lowest BCUT2D eigenvalue weighted by Crippen LogP contribution is -2.54. The summed E-state index contributed by atoms with van der Waals surface area (Å²) in [6.07, 6.45) is 1.07. The highest BCUT2D eigenvalue weighted by Gasteiger charge is 2.35. The normalized spacial score (nSPS) is 19.9. The quantitative estimate of drug-likeness (QED) is 0.891. The van der Waals surface area contributed by atoms with Crippen LogP contribution in [0.2, 0.25) is 5.02 Å². The second-order valence-corrected chi connectivity index (χ2v) is 6.78. The van der Waals surface area contributed by atoms with Gasteiger partial charge in [0.05, 0.1) is 18.1 Å². The minimum absolute atomic E-state index is 0. The van der Waals surface area contributed by atoms with Gasteiger partial charge >= 0.3 is 0 Å². The number of halogens is 3. The maximum atomic E-state index is 12.9. The van der Waals surface area contributed by atoms with Gasteiger partial charge in [-0.05, 0) is 30.0 Å². The molecule has 1 unspecified atom stereocenters. The molecule has 0 aliphatic carbocycles. The summed E-state index contributed by atoms with van der Waals surface area (Å²) in [5.74, 6) is 0.00962. The minimum atomic E-state index is -0.416. The Morgan fingerprint density at radius 2 is 2.22 bits per heavy atom. The zero-order valence-corrected chi connectivity index (χ0v) is 14.9. The zero-order valence-electron chi connectivity index (χ0n) is 13.4. The van der Waals surface area contributed by atoms with E-state index >= 15 is 0 Å². The lowest BCUT2D eigenvalue weighted by atomic mass is 9.79. The van der Waals surface area contributed by atoms with Gasteiger partial charge in [-0.3, -0.25) is 4.79 Å². The van der Waals surface area contributed by atoms with Crippen LogP contribution in [0.1, 0.15) is 26.7 Å². The summed E-state index contributed by atoms with van der Waals surface area (Å²) >= 11 is 5.87. The molecule has 4 nitrogen and oxygen atoms in total. The molecule has 1 aromatic rings. The molecule has 0 bridgehead atoms. The van der Waals surface area contributed by atoms with Crippen LogP contribution in [0.3, 0.4) is 0 Å². The Morgan fingerprint density at radius 3 is 2.83 bits per heavy atom. The summed E-state index contributed by atoms with van der Waals surface area (Å²) in [6, 6.07) is 4.04. The third kappa shape index (κ3) is 5.23. The number of piperidine rings is 1. The van der Waals surface area contributed by atoms with Gasteiger partial charge in [-0.1, -0.05) is 25.4 Å². The van der Waals surface area contributed by atoms with Crippen LogP contribution in [-0.2, 0) is 4.79 Å². The van der Waals surface area contributed by atoms with Crippen molar-refractivity contribution < 1.29 is 13.9 Å². The number of rotatable bonds is 4. The van der Waals surface area contributed by atoms with Crippen LogP contribution in [-0.4, -0.2) is 36.5 Å². The van der Waals surface area contributed by atoms with Crippen molar-refractivity contribution in [2.75, 3.05) is 19.7 Å². The summed E-state index contributed by atoms with van der Waals surface area (Å²) in [4.78, 5) is 14.1. The van der Waals surface area contributed by atoms with Crippen molar-refractivity contribution >= 4 is 29.9 Å². The van der Waals surface area contributed by atoms with E-state index in [1.807, 2.05) is 4.90 Å². The van der Waals surface area contributed by atoms with E-state index in [-0.39, 0.29) is 47.8 Å². The number of nitrogens with zero attached hydrogens (tertiary/aromatic N) is 1. The molecule has 1 heterocycles. The molecule has 2 N–H and O–H groups in total. The highest BCUT2D eigenvalue weighted by atomic mass is 35.5. The molecule has 2 rings (SSSR count). The average molecular weight is 365 g/mol. The Hall–Kier alpha value is -1.04. The Labute approximate surface area is 147 Å². The van der Waals surface area contributed by atoms with Gasteiger partial charge in [-0.2, -0.15) is 0 Å². The predicted molar refractivity (Wildman–Crippen MR) is 91.7 cm³/mol. The van der Waals surface area contributed by atoms with E-state index in [1.54, 1.807) is 0 Å². The van der Waals surface area contributed by atoms with Crippen molar-refractivity contribution in [2.24, 2.45) is 11.1 Å². The van der Waals surface area contributed by atoms with E-state index < -0.39 is 5.82 Å². The molecule has 0 saturated carbocycles. The van der Waals surface area contributed by atoms with Gasteiger partial charge in [-0.25, -0.2) is 4.39 Å². The highest BCUT2D eigenvalue weighted by Crippen LogP contribution is 2.28. The molecule has 1 fully saturated rings. The summed E-state index contributed by atoms with van der Waals surface area (Å²) in [5, 5.41) is 0.206. The number of hydrogen-bond donors (Lipinski definition) is 1.